The van der Waals surface area contributed by atoms with Crippen LogP contribution in [0.15, 0.2) is 0 Å². The molecule has 0 heterocycles. The minimum atomic E-state index is -1.25. The van der Waals surface area contributed by atoms with Crippen molar-refractivity contribution in [2.75, 3.05) is 52.9 Å². The highest BCUT2D eigenvalue weighted by molar-refractivity contribution is 5.69. The first kappa shape index (κ1) is 45.7. The third-order valence-corrected chi connectivity index (χ3v) is 9.21. The van der Waals surface area contributed by atoms with Gasteiger partial charge in [0.15, 0.2) is 0 Å². The van der Waals surface area contributed by atoms with Gasteiger partial charge in [0.1, 0.15) is 13.2 Å². The van der Waals surface area contributed by atoms with Gasteiger partial charge in [-0.25, -0.2) is 0 Å². The fraction of sp³-hybridized carbons (Fsp3) is 0.947. The van der Waals surface area contributed by atoms with Crippen LogP contribution in [0, 0.1) is 10.8 Å². The third kappa shape index (κ3) is 25.4. The molecule has 0 aliphatic rings. The molecule has 0 rings (SSSR count). The second-order valence-corrected chi connectivity index (χ2v) is 14.0. The van der Waals surface area contributed by atoms with Gasteiger partial charge in [0.05, 0.1) is 50.5 Å². The van der Waals surface area contributed by atoms with Gasteiger partial charge in [0, 0.05) is 12.8 Å². The summed E-state index contributed by atoms with van der Waals surface area (Å²) < 4.78 is 16.8. The third-order valence-electron chi connectivity index (χ3n) is 9.21. The summed E-state index contributed by atoms with van der Waals surface area (Å²) >= 11 is 0. The monoisotopic (exact) mass is 675 g/mol. The van der Waals surface area contributed by atoms with E-state index >= 15 is 0 Å². The molecule has 0 aromatic carbocycles. The van der Waals surface area contributed by atoms with Crippen molar-refractivity contribution >= 4 is 11.9 Å². The van der Waals surface area contributed by atoms with E-state index in [1.807, 2.05) is 0 Å². The summed E-state index contributed by atoms with van der Waals surface area (Å²) in [6.07, 6.45) is 26.6. The van der Waals surface area contributed by atoms with E-state index in [0.29, 0.717) is 0 Å². The molecule has 0 unspecified atom stereocenters. The maximum absolute atomic E-state index is 12.6. The van der Waals surface area contributed by atoms with Crippen molar-refractivity contribution in [2.45, 2.75) is 168 Å². The van der Waals surface area contributed by atoms with Crippen molar-refractivity contribution < 1.29 is 44.2 Å². The summed E-state index contributed by atoms with van der Waals surface area (Å²) in [6.45, 7) is 1.79. The number of hydrogen-bond donors (Lipinski definition) is 4. The molecule has 0 saturated heterocycles. The molecule has 0 amide bonds. The lowest BCUT2D eigenvalue weighted by molar-refractivity contribution is -0.163. The smallest absolute Gasteiger partial charge is 0.305 e. The number of carbonyl (C=O) groups excluding carboxylic acids is 2. The summed E-state index contributed by atoms with van der Waals surface area (Å²) in [4.78, 5) is 25.1. The molecular formula is C38H74O9. The average Bonchev–Trinajstić information content (AvgIpc) is 3.09. The van der Waals surface area contributed by atoms with Crippen LogP contribution in [0.25, 0.3) is 0 Å². The number of aliphatic hydroxyl groups excluding tert-OH is 4. The van der Waals surface area contributed by atoms with Crippen molar-refractivity contribution in [1.82, 2.24) is 0 Å². The van der Waals surface area contributed by atoms with Crippen LogP contribution in [0.2, 0.25) is 0 Å². The molecule has 9 nitrogen and oxygen atoms in total. The second kappa shape index (κ2) is 32.0. The van der Waals surface area contributed by atoms with Gasteiger partial charge in [-0.05, 0) is 12.8 Å². The SMILES string of the molecule is CCCCCCCCCCCCCC(=O)OCC(CO)(COCC(CO)(CO)CO)COC(=O)CCCCCCCCCCCCC. The van der Waals surface area contributed by atoms with Gasteiger partial charge in [0.25, 0.3) is 0 Å². The summed E-state index contributed by atoms with van der Waals surface area (Å²) in [6, 6.07) is 0. The van der Waals surface area contributed by atoms with Gasteiger partial charge in [0.2, 0.25) is 0 Å². The van der Waals surface area contributed by atoms with Crippen LogP contribution in [0.3, 0.4) is 0 Å². The topological polar surface area (TPSA) is 143 Å². The van der Waals surface area contributed by atoms with Gasteiger partial charge in [-0.1, -0.05) is 142 Å². The lowest BCUT2D eigenvalue weighted by Gasteiger charge is -2.33. The number of hydrogen-bond acceptors (Lipinski definition) is 9. The highest BCUT2D eigenvalue weighted by Gasteiger charge is 2.36. The Morgan fingerprint density at radius 2 is 0.681 bits per heavy atom. The minimum Gasteiger partial charge on any atom is -0.465 e. The number of rotatable bonds is 36. The van der Waals surface area contributed by atoms with Crippen LogP contribution in [0.5, 0.6) is 0 Å². The van der Waals surface area contributed by atoms with Gasteiger partial charge in [-0.3, -0.25) is 9.59 Å². The van der Waals surface area contributed by atoms with E-state index in [9.17, 15) is 30.0 Å². The van der Waals surface area contributed by atoms with Crippen molar-refractivity contribution in [3.05, 3.63) is 0 Å². The molecule has 0 radical (unpaired) electrons. The zero-order valence-electron chi connectivity index (χ0n) is 30.5. The molecular weight excluding hydrogens is 600 g/mol. The van der Waals surface area contributed by atoms with Crippen molar-refractivity contribution in [3.63, 3.8) is 0 Å². The van der Waals surface area contributed by atoms with E-state index in [0.717, 1.165) is 38.5 Å². The van der Waals surface area contributed by atoms with E-state index in [1.54, 1.807) is 0 Å². The zero-order valence-corrected chi connectivity index (χ0v) is 30.5. The summed E-state index contributed by atoms with van der Waals surface area (Å²) in [5.74, 6) is -0.747. The molecule has 9 heteroatoms. The molecule has 47 heavy (non-hydrogen) atoms. The molecule has 0 saturated carbocycles. The molecule has 0 aromatic rings. The van der Waals surface area contributed by atoms with Gasteiger partial charge in [-0.2, -0.15) is 0 Å². The normalized spacial score (nSPS) is 12.0. The minimum absolute atomic E-state index is 0.150. The standard InChI is InChI=1S/C38H74O9/c1-3-5-7-9-11-13-15-17-19-21-23-25-35(43)46-33-38(30-42,32-45-31-37(27-39,28-40)29-41)34-47-36(44)26-24-22-20-18-16-14-12-10-8-6-4-2/h39-42H,3-34H2,1-2H3. The Labute approximate surface area is 287 Å². The van der Waals surface area contributed by atoms with Crippen LogP contribution in [-0.4, -0.2) is 85.2 Å². The Balaban J connectivity index is 4.60. The van der Waals surface area contributed by atoms with E-state index in [2.05, 4.69) is 13.8 Å². The maximum atomic E-state index is 12.6. The Bertz CT molecular complexity index is 661. The maximum Gasteiger partial charge on any atom is 0.305 e. The van der Waals surface area contributed by atoms with Gasteiger partial charge >= 0.3 is 11.9 Å². The Morgan fingerprint density at radius 3 is 0.979 bits per heavy atom. The number of ether oxygens (including phenoxy) is 3. The van der Waals surface area contributed by atoms with Crippen LogP contribution in [0.1, 0.15) is 168 Å². The lowest BCUT2D eigenvalue weighted by atomic mass is 9.90. The van der Waals surface area contributed by atoms with Crippen molar-refractivity contribution in [2.24, 2.45) is 10.8 Å². The summed E-state index contributed by atoms with van der Waals surface area (Å²) in [5, 5.41) is 39.2. The first-order valence-electron chi connectivity index (χ1n) is 19.2. The molecule has 0 bridgehead atoms. The van der Waals surface area contributed by atoms with E-state index in [-0.39, 0.29) is 51.2 Å². The van der Waals surface area contributed by atoms with Crippen LogP contribution >= 0.6 is 0 Å². The predicted molar refractivity (Wildman–Crippen MR) is 188 cm³/mol. The first-order chi connectivity index (χ1) is 22.9. The summed E-state index contributed by atoms with van der Waals surface area (Å²) in [7, 11) is 0. The van der Waals surface area contributed by atoms with Crippen molar-refractivity contribution in [1.29, 1.82) is 0 Å². The molecule has 4 N–H and O–H groups in total. The fourth-order valence-electron chi connectivity index (χ4n) is 5.51. The highest BCUT2D eigenvalue weighted by Crippen LogP contribution is 2.23. The highest BCUT2D eigenvalue weighted by atomic mass is 16.6. The largest absolute Gasteiger partial charge is 0.465 e. The first-order valence-corrected chi connectivity index (χ1v) is 19.2. The second-order valence-electron chi connectivity index (χ2n) is 14.0. The molecule has 0 atom stereocenters. The zero-order chi connectivity index (χ0) is 34.9. The Morgan fingerprint density at radius 1 is 0.404 bits per heavy atom. The summed E-state index contributed by atoms with van der Waals surface area (Å²) in [5.41, 5.74) is -2.45. The van der Waals surface area contributed by atoms with Crippen LogP contribution in [0.4, 0.5) is 0 Å². The lowest BCUT2D eigenvalue weighted by Crippen LogP contribution is -2.45. The number of aliphatic hydroxyl groups is 4. The Hall–Kier alpha value is -1.26. The van der Waals surface area contributed by atoms with Crippen molar-refractivity contribution in [3.8, 4) is 0 Å². The van der Waals surface area contributed by atoms with Crippen LogP contribution in [-0.2, 0) is 23.8 Å². The molecule has 0 spiro atoms. The van der Waals surface area contributed by atoms with Gasteiger partial charge in [-0.15, -0.1) is 0 Å². The molecule has 0 aromatic heterocycles. The average molecular weight is 675 g/mol. The fourth-order valence-corrected chi connectivity index (χ4v) is 5.51. The predicted octanol–water partition coefficient (Wildman–Crippen LogP) is 7.43. The number of unbranched alkanes of at least 4 members (excludes halogenated alkanes) is 20. The number of esters is 2. The van der Waals surface area contributed by atoms with E-state index < -0.39 is 37.3 Å². The molecule has 280 valence electrons. The van der Waals surface area contributed by atoms with E-state index in [4.69, 9.17) is 14.2 Å². The molecule has 0 fully saturated rings. The molecule has 0 aliphatic heterocycles. The van der Waals surface area contributed by atoms with Crippen LogP contribution < -0.4 is 0 Å². The Kier molecular flexibility index (Phi) is 31.1. The van der Waals surface area contributed by atoms with Gasteiger partial charge < -0.3 is 34.6 Å². The van der Waals surface area contributed by atoms with E-state index in [1.165, 1.54) is 103 Å². The molecule has 0 aliphatic carbocycles. The number of carbonyl (C=O) groups is 2. The quantitative estimate of drug-likeness (QED) is 0.0394.